The molecule has 0 spiro atoms. The van der Waals surface area contributed by atoms with E-state index in [-0.39, 0.29) is 6.04 Å². The van der Waals surface area contributed by atoms with Crippen LogP contribution in [0.2, 0.25) is 0 Å². The zero-order valence-electron chi connectivity index (χ0n) is 11.5. The Kier molecular flexibility index (Phi) is 4.99. The monoisotopic (exact) mass is 277 g/mol. The van der Waals surface area contributed by atoms with E-state index in [0.717, 1.165) is 28.8 Å². The van der Waals surface area contributed by atoms with Gasteiger partial charge in [0.15, 0.2) is 5.16 Å². The van der Waals surface area contributed by atoms with Crippen LogP contribution in [0.5, 0.6) is 0 Å². The van der Waals surface area contributed by atoms with Crippen molar-refractivity contribution in [3.8, 4) is 0 Å². The molecular weight excluding hydrogens is 258 g/mol. The minimum atomic E-state index is 0.236. The lowest BCUT2D eigenvalue weighted by Gasteiger charge is -2.22. The standard InChI is InChI=1S/C14H19N3OS/c1-4-19-14-15-8-12(9-16-14)10-17(3)11(2)13-6-5-7-18-13/h5-9,11H,4,10H2,1-3H3. The molecule has 0 aliphatic heterocycles. The second kappa shape index (κ2) is 6.73. The van der Waals surface area contributed by atoms with Crippen molar-refractivity contribution >= 4 is 11.8 Å². The van der Waals surface area contributed by atoms with Gasteiger partial charge in [-0.05, 0) is 31.9 Å². The fraction of sp³-hybridized carbons (Fsp3) is 0.429. The molecule has 5 heteroatoms. The Morgan fingerprint density at radius 2 is 2.11 bits per heavy atom. The summed E-state index contributed by atoms with van der Waals surface area (Å²) < 4.78 is 5.43. The minimum Gasteiger partial charge on any atom is -0.468 e. The smallest absolute Gasteiger partial charge is 0.187 e. The lowest BCUT2D eigenvalue weighted by Crippen LogP contribution is -2.21. The van der Waals surface area contributed by atoms with E-state index in [9.17, 15) is 0 Å². The Bertz CT molecular complexity index is 484. The third-order valence-electron chi connectivity index (χ3n) is 3.00. The van der Waals surface area contributed by atoms with Crippen LogP contribution >= 0.6 is 11.8 Å². The minimum absolute atomic E-state index is 0.236. The SMILES string of the molecule is CCSc1ncc(CN(C)C(C)c2ccco2)cn1. The summed E-state index contributed by atoms with van der Waals surface area (Å²) in [7, 11) is 2.07. The highest BCUT2D eigenvalue weighted by Crippen LogP contribution is 2.20. The third kappa shape index (κ3) is 3.81. The van der Waals surface area contributed by atoms with Crippen LogP contribution < -0.4 is 0 Å². The molecule has 0 amide bonds. The van der Waals surface area contributed by atoms with Gasteiger partial charge in [0, 0.05) is 24.5 Å². The molecule has 4 nitrogen and oxygen atoms in total. The summed E-state index contributed by atoms with van der Waals surface area (Å²) in [5, 5.41) is 0.841. The Labute approximate surface area is 118 Å². The second-order valence-corrected chi connectivity index (χ2v) is 5.64. The Morgan fingerprint density at radius 1 is 1.37 bits per heavy atom. The highest BCUT2D eigenvalue weighted by Gasteiger charge is 2.14. The third-order valence-corrected chi connectivity index (χ3v) is 3.76. The average Bonchev–Trinajstić information content (AvgIpc) is 2.94. The second-order valence-electron chi connectivity index (χ2n) is 4.41. The van der Waals surface area contributed by atoms with Crippen LogP contribution in [0.3, 0.4) is 0 Å². The number of rotatable bonds is 6. The number of aromatic nitrogens is 2. The van der Waals surface area contributed by atoms with Crippen molar-refractivity contribution in [1.82, 2.24) is 14.9 Å². The molecule has 0 aliphatic carbocycles. The van der Waals surface area contributed by atoms with Gasteiger partial charge in [0.25, 0.3) is 0 Å². The molecule has 102 valence electrons. The molecule has 0 saturated carbocycles. The van der Waals surface area contributed by atoms with Gasteiger partial charge in [-0.2, -0.15) is 0 Å². The lowest BCUT2D eigenvalue weighted by atomic mass is 10.2. The van der Waals surface area contributed by atoms with E-state index in [0.29, 0.717) is 0 Å². The van der Waals surface area contributed by atoms with E-state index in [1.807, 2.05) is 24.5 Å². The van der Waals surface area contributed by atoms with Crippen LogP contribution in [-0.2, 0) is 6.54 Å². The largest absolute Gasteiger partial charge is 0.468 e. The maximum absolute atomic E-state index is 5.43. The van der Waals surface area contributed by atoms with Gasteiger partial charge < -0.3 is 4.42 Å². The topological polar surface area (TPSA) is 42.2 Å². The Balaban J connectivity index is 1.96. The predicted molar refractivity (Wildman–Crippen MR) is 77.0 cm³/mol. The average molecular weight is 277 g/mol. The molecule has 2 rings (SSSR count). The fourth-order valence-corrected chi connectivity index (χ4v) is 2.31. The normalized spacial score (nSPS) is 12.8. The highest BCUT2D eigenvalue weighted by molar-refractivity contribution is 7.99. The van der Waals surface area contributed by atoms with Crippen molar-refractivity contribution in [3.63, 3.8) is 0 Å². The zero-order chi connectivity index (χ0) is 13.7. The number of thioether (sulfide) groups is 1. The molecule has 0 N–H and O–H groups in total. The van der Waals surface area contributed by atoms with E-state index in [1.54, 1.807) is 18.0 Å². The van der Waals surface area contributed by atoms with Gasteiger partial charge in [-0.15, -0.1) is 0 Å². The molecular formula is C14H19N3OS. The van der Waals surface area contributed by atoms with Crippen LogP contribution in [0.15, 0.2) is 40.4 Å². The molecule has 0 aromatic carbocycles. The first kappa shape index (κ1) is 14.1. The quantitative estimate of drug-likeness (QED) is 0.598. The molecule has 0 fully saturated rings. The van der Waals surface area contributed by atoms with E-state index in [1.165, 1.54) is 0 Å². The Morgan fingerprint density at radius 3 is 2.68 bits per heavy atom. The molecule has 2 heterocycles. The van der Waals surface area contributed by atoms with Crippen LogP contribution in [-0.4, -0.2) is 27.7 Å². The summed E-state index contributed by atoms with van der Waals surface area (Å²) in [6, 6.07) is 4.15. The molecule has 19 heavy (non-hydrogen) atoms. The number of nitrogens with zero attached hydrogens (tertiary/aromatic N) is 3. The van der Waals surface area contributed by atoms with Crippen molar-refractivity contribution in [2.24, 2.45) is 0 Å². The van der Waals surface area contributed by atoms with Gasteiger partial charge in [0.05, 0.1) is 12.3 Å². The number of furan rings is 1. The summed E-state index contributed by atoms with van der Waals surface area (Å²) in [6.45, 7) is 5.03. The summed E-state index contributed by atoms with van der Waals surface area (Å²) in [5.74, 6) is 1.97. The van der Waals surface area contributed by atoms with Crippen LogP contribution in [0.4, 0.5) is 0 Å². The van der Waals surface area contributed by atoms with Gasteiger partial charge in [-0.1, -0.05) is 18.7 Å². The first-order valence-corrected chi connectivity index (χ1v) is 7.36. The van der Waals surface area contributed by atoms with Gasteiger partial charge in [-0.3, -0.25) is 4.90 Å². The molecule has 2 aromatic heterocycles. The van der Waals surface area contributed by atoms with Gasteiger partial charge >= 0.3 is 0 Å². The predicted octanol–water partition coefficient (Wildman–Crippen LogP) is 3.37. The van der Waals surface area contributed by atoms with Crippen molar-refractivity contribution in [3.05, 3.63) is 42.1 Å². The summed E-state index contributed by atoms with van der Waals surface area (Å²) >= 11 is 1.66. The molecule has 0 bridgehead atoms. The molecule has 2 aromatic rings. The van der Waals surface area contributed by atoms with Crippen molar-refractivity contribution < 1.29 is 4.42 Å². The molecule has 0 aliphatic rings. The van der Waals surface area contributed by atoms with Gasteiger partial charge in [-0.25, -0.2) is 9.97 Å². The molecule has 0 radical (unpaired) electrons. The van der Waals surface area contributed by atoms with E-state index in [4.69, 9.17) is 4.42 Å². The molecule has 1 unspecified atom stereocenters. The van der Waals surface area contributed by atoms with Crippen molar-refractivity contribution in [2.75, 3.05) is 12.8 Å². The zero-order valence-corrected chi connectivity index (χ0v) is 12.4. The lowest BCUT2D eigenvalue weighted by molar-refractivity contribution is 0.223. The first-order chi connectivity index (χ1) is 9.20. The van der Waals surface area contributed by atoms with Crippen LogP contribution in [0, 0.1) is 0 Å². The van der Waals surface area contributed by atoms with Crippen LogP contribution in [0.25, 0.3) is 0 Å². The van der Waals surface area contributed by atoms with Crippen LogP contribution in [0.1, 0.15) is 31.2 Å². The van der Waals surface area contributed by atoms with Gasteiger partial charge in [0.2, 0.25) is 0 Å². The number of hydrogen-bond donors (Lipinski definition) is 0. The first-order valence-electron chi connectivity index (χ1n) is 6.38. The molecule has 0 saturated heterocycles. The summed E-state index contributed by atoms with van der Waals surface area (Å²) in [5.41, 5.74) is 1.11. The fourth-order valence-electron chi connectivity index (χ4n) is 1.80. The number of hydrogen-bond acceptors (Lipinski definition) is 5. The maximum atomic E-state index is 5.43. The Hall–Kier alpha value is -1.33. The highest BCUT2D eigenvalue weighted by atomic mass is 32.2. The summed E-state index contributed by atoms with van der Waals surface area (Å²) in [4.78, 5) is 10.9. The maximum Gasteiger partial charge on any atom is 0.187 e. The van der Waals surface area contributed by atoms with Crippen molar-refractivity contribution in [2.45, 2.75) is 31.6 Å². The van der Waals surface area contributed by atoms with Gasteiger partial charge in [0.1, 0.15) is 5.76 Å². The summed E-state index contributed by atoms with van der Waals surface area (Å²) in [6.07, 6.45) is 5.51. The van der Waals surface area contributed by atoms with Crippen molar-refractivity contribution in [1.29, 1.82) is 0 Å². The van der Waals surface area contributed by atoms with E-state index in [2.05, 4.69) is 35.8 Å². The van der Waals surface area contributed by atoms with E-state index < -0.39 is 0 Å². The van der Waals surface area contributed by atoms with E-state index >= 15 is 0 Å². The molecule has 1 atom stereocenters.